The Morgan fingerprint density at radius 1 is 0.420 bits per heavy atom. The topological polar surface area (TPSA) is 58.2 Å². The maximum atomic E-state index is 12.7. The van der Waals surface area contributed by atoms with Crippen molar-refractivity contribution >= 4 is 11.8 Å². The number of quaternary nitrogens is 2. The van der Waals surface area contributed by atoms with Crippen molar-refractivity contribution in [1.29, 1.82) is 0 Å². The minimum absolute atomic E-state index is 0. The lowest BCUT2D eigenvalue weighted by atomic mass is 10.1. The standard InChI is InChI=1S/C42H78N4O2.2BrH/c1-7-9-11-13-15-17-19-21-23-25-35-45(3,4)37-27-33-43-41(47)39-29-31-40(32-30-39)42(48)44-34-28-38-46(5,6)36-26-24-22-20-18-16-14-12-10-8-2;;/h29-32H,7-28,33-38H2,1-6H3;2*1H. The minimum Gasteiger partial charge on any atom is -1.00 e. The van der Waals surface area contributed by atoms with Crippen molar-refractivity contribution in [2.75, 3.05) is 67.5 Å². The van der Waals surface area contributed by atoms with Crippen LogP contribution >= 0.6 is 0 Å². The van der Waals surface area contributed by atoms with Crippen molar-refractivity contribution in [3.63, 3.8) is 0 Å². The molecule has 50 heavy (non-hydrogen) atoms. The van der Waals surface area contributed by atoms with Crippen LogP contribution in [0.15, 0.2) is 24.3 Å². The summed E-state index contributed by atoms with van der Waals surface area (Å²) in [6.45, 7) is 10.4. The molecule has 0 atom stereocenters. The molecule has 0 aliphatic carbocycles. The molecule has 0 aromatic heterocycles. The molecule has 0 bridgehead atoms. The second kappa shape index (κ2) is 32.7. The Morgan fingerprint density at radius 2 is 0.660 bits per heavy atom. The highest BCUT2D eigenvalue weighted by Crippen LogP contribution is 2.14. The average molecular weight is 833 g/mol. The van der Waals surface area contributed by atoms with Gasteiger partial charge in [-0.2, -0.15) is 0 Å². The van der Waals surface area contributed by atoms with E-state index in [-0.39, 0.29) is 45.8 Å². The highest BCUT2D eigenvalue weighted by Gasteiger charge is 2.16. The molecule has 0 unspecified atom stereocenters. The third-order valence-corrected chi connectivity index (χ3v) is 10.1. The van der Waals surface area contributed by atoms with Crippen molar-refractivity contribution in [2.24, 2.45) is 0 Å². The summed E-state index contributed by atoms with van der Waals surface area (Å²) in [7, 11) is 9.22. The van der Waals surface area contributed by atoms with Gasteiger partial charge >= 0.3 is 0 Å². The fourth-order valence-corrected chi connectivity index (χ4v) is 6.67. The van der Waals surface area contributed by atoms with Crippen molar-refractivity contribution in [3.05, 3.63) is 35.4 Å². The van der Waals surface area contributed by atoms with E-state index in [4.69, 9.17) is 0 Å². The molecule has 294 valence electrons. The molecule has 0 fully saturated rings. The Labute approximate surface area is 331 Å². The second-order valence-corrected chi connectivity index (χ2v) is 15.9. The summed E-state index contributed by atoms with van der Waals surface area (Å²) in [5, 5.41) is 6.14. The number of benzene rings is 1. The number of rotatable bonds is 32. The van der Waals surface area contributed by atoms with Crippen LogP contribution in [0, 0.1) is 0 Å². The predicted octanol–water partition coefficient (Wildman–Crippen LogP) is 3.93. The Kier molecular flexibility index (Phi) is 33.4. The Morgan fingerprint density at radius 3 is 0.940 bits per heavy atom. The van der Waals surface area contributed by atoms with Gasteiger partial charge < -0.3 is 53.6 Å². The van der Waals surface area contributed by atoms with Crippen LogP contribution in [0.5, 0.6) is 0 Å². The normalized spacial score (nSPS) is 11.5. The number of hydrogen-bond donors (Lipinski definition) is 2. The molecule has 1 aromatic rings. The van der Waals surface area contributed by atoms with Crippen LogP contribution in [0.3, 0.4) is 0 Å². The molecule has 6 nitrogen and oxygen atoms in total. The lowest BCUT2D eigenvalue weighted by Gasteiger charge is -2.30. The molecule has 0 spiro atoms. The number of halogens is 2. The van der Waals surface area contributed by atoms with E-state index in [0.717, 1.165) is 34.9 Å². The smallest absolute Gasteiger partial charge is 0.251 e. The molecule has 8 heteroatoms. The average Bonchev–Trinajstić information content (AvgIpc) is 3.06. The van der Waals surface area contributed by atoms with Crippen LogP contribution in [-0.2, 0) is 0 Å². The van der Waals surface area contributed by atoms with E-state index in [1.807, 2.05) is 0 Å². The van der Waals surface area contributed by atoms with Gasteiger partial charge in [0.15, 0.2) is 0 Å². The quantitative estimate of drug-likeness (QED) is 0.0856. The van der Waals surface area contributed by atoms with E-state index in [9.17, 15) is 9.59 Å². The minimum atomic E-state index is -0.0654. The first kappa shape index (κ1) is 51.1. The fourth-order valence-electron chi connectivity index (χ4n) is 6.67. The third-order valence-electron chi connectivity index (χ3n) is 10.1. The summed E-state index contributed by atoms with van der Waals surface area (Å²) in [5.41, 5.74) is 1.22. The molecule has 2 N–H and O–H groups in total. The molecule has 0 saturated carbocycles. The predicted molar refractivity (Wildman–Crippen MR) is 208 cm³/mol. The lowest BCUT2D eigenvalue weighted by Crippen LogP contribution is -3.00. The molecular formula is C42H80Br2N4O2. The van der Waals surface area contributed by atoms with Crippen LogP contribution in [0.25, 0.3) is 0 Å². The summed E-state index contributed by atoms with van der Waals surface area (Å²) in [5.74, 6) is -0.131. The van der Waals surface area contributed by atoms with Crippen molar-refractivity contribution in [1.82, 2.24) is 10.6 Å². The van der Waals surface area contributed by atoms with E-state index in [1.165, 1.54) is 142 Å². The third kappa shape index (κ3) is 28.6. The van der Waals surface area contributed by atoms with Gasteiger partial charge in [0.2, 0.25) is 0 Å². The Hall–Kier alpha value is -0.960. The first-order chi connectivity index (χ1) is 23.1. The van der Waals surface area contributed by atoms with Crippen molar-refractivity contribution < 1.29 is 52.5 Å². The molecular weight excluding hydrogens is 752 g/mol. The van der Waals surface area contributed by atoms with Gasteiger partial charge in [-0.3, -0.25) is 9.59 Å². The number of nitrogens with one attached hydrogen (secondary N) is 2. The number of nitrogens with zero attached hydrogens (tertiary/aromatic N) is 2. The van der Waals surface area contributed by atoms with Crippen LogP contribution in [-0.4, -0.2) is 88.2 Å². The zero-order chi connectivity index (χ0) is 35.4. The zero-order valence-corrected chi connectivity index (χ0v) is 36.7. The van der Waals surface area contributed by atoms with E-state index >= 15 is 0 Å². The highest BCUT2D eigenvalue weighted by atomic mass is 79.9. The molecule has 0 radical (unpaired) electrons. The van der Waals surface area contributed by atoms with Gasteiger partial charge in [-0.15, -0.1) is 0 Å². The number of amides is 2. The van der Waals surface area contributed by atoms with E-state index in [0.29, 0.717) is 24.2 Å². The summed E-state index contributed by atoms with van der Waals surface area (Å²) >= 11 is 0. The van der Waals surface area contributed by atoms with E-state index < -0.39 is 0 Å². The van der Waals surface area contributed by atoms with Gasteiger partial charge in [0, 0.05) is 37.1 Å². The van der Waals surface area contributed by atoms with Crippen LogP contribution in [0.2, 0.25) is 0 Å². The summed E-state index contributed by atoms with van der Waals surface area (Å²) < 4.78 is 2.01. The molecule has 1 rings (SSSR count). The van der Waals surface area contributed by atoms with Gasteiger partial charge in [-0.1, -0.05) is 117 Å². The SMILES string of the molecule is CCCCCCCCCCCC[N+](C)(C)CCCNC(=O)c1ccc(C(=O)NCCC[N+](C)(C)CCCCCCCCCCCC)cc1.[Br-].[Br-]. The summed E-state index contributed by atoms with van der Waals surface area (Å²) in [4.78, 5) is 25.4. The molecule has 0 aliphatic heterocycles. The Bertz CT molecular complexity index is 865. The van der Waals surface area contributed by atoms with Crippen LogP contribution < -0.4 is 44.6 Å². The first-order valence-electron chi connectivity index (χ1n) is 20.4. The Balaban J connectivity index is 0. The maximum absolute atomic E-state index is 12.7. The first-order valence-corrected chi connectivity index (χ1v) is 20.4. The lowest BCUT2D eigenvalue weighted by molar-refractivity contribution is -0.890. The van der Waals surface area contributed by atoms with Gasteiger partial charge in [-0.05, 0) is 49.9 Å². The van der Waals surface area contributed by atoms with Crippen LogP contribution in [0.1, 0.15) is 176 Å². The summed E-state index contributed by atoms with van der Waals surface area (Å²) in [6.07, 6.45) is 29.3. The zero-order valence-electron chi connectivity index (χ0n) is 33.6. The maximum Gasteiger partial charge on any atom is 0.251 e. The van der Waals surface area contributed by atoms with Gasteiger partial charge in [0.25, 0.3) is 11.8 Å². The number of carbonyl (C=O) groups is 2. The number of carbonyl (C=O) groups excluding carboxylic acids is 2. The molecule has 2 amide bonds. The summed E-state index contributed by atoms with van der Waals surface area (Å²) in [6, 6.07) is 7.06. The van der Waals surface area contributed by atoms with Crippen molar-refractivity contribution in [2.45, 2.75) is 155 Å². The monoisotopic (exact) mass is 830 g/mol. The van der Waals surface area contributed by atoms with E-state index in [2.05, 4.69) is 52.7 Å². The number of unbranched alkanes of at least 4 members (excludes halogenated alkanes) is 18. The molecule has 0 heterocycles. The van der Waals surface area contributed by atoms with Gasteiger partial charge in [-0.25, -0.2) is 0 Å². The van der Waals surface area contributed by atoms with E-state index in [1.54, 1.807) is 24.3 Å². The van der Waals surface area contributed by atoms with Gasteiger partial charge in [0.1, 0.15) is 0 Å². The second-order valence-electron chi connectivity index (χ2n) is 15.9. The largest absolute Gasteiger partial charge is 1.00 e. The van der Waals surface area contributed by atoms with Gasteiger partial charge in [0.05, 0.1) is 54.4 Å². The highest BCUT2D eigenvalue weighted by molar-refractivity contribution is 5.97. The molecule has 1 aromatic carbocycles. The van der Waals surface area contributed by atoms with Crippen molar-refractivity contribution in [3.8, 4) is 0 Å². The fraction of sp³-hybridized carbons (Fsp3) is 0.810. The number of hydrogen-bond acceptors (Lipinski definition) is 2. The molecule has 0 saturated heterocycles. The van der Waals surface area contributed by atoms with Crippen LogP contribution in [0.4, 0.5) is 0 Å². The molecule has 0 aliphatic rings.